The van der Waals surface area contributed by atoms with E-state index in [0.29, 0.717) is 33.2 Å². The van der Waals surface area contributed by atoms with E-state index >= 15 is 0 Å². The molecule has 0 saturated carbocycles. The molecule has 0 atom stereocenters. The minimum Gasteiger partial charge on any atom is -0.466 e. The number of fused-ring (bicyclic) bond motifs is 3. The fourth-order valence-corrected chi connectivity index (χ4v) is 3.32. The Hall–Kier alpha value is -3.12. The molecule has 0 aliphatic rings. The molecule has 0 fully saturated rings. The fraction of sp³-hybridized carbons (Fsp3) is 0.250. The quantitative estimate of drug-likeness (QED) is 0.300. The molecule has 27 heavy (non-hydrogen) atoms. The van der Waals surface area contributed by atoms with Crippen LogP contribution in [0.1, 0.15) is 46.0 Å². The van der Waals surface area contributed by atoms with Crippen LogP contribution in [0.2, 0.25) is 0 Å². The zero-order valence-corrected chi connectivity index (χ0v) is 15.6. The number of pyridine rings is 1. The lowest BCUT2D eigenvalue weighted by atomic mass is 9.96. The van der Waals surface area contributed by atoms with Crippen LogP contribution < -0.4 is 4.57 Å². The standard InChI is InChI=1S/C24H23N2O/c1-14(2)17-11-12-26(6)20(13-17)22-16(4)7-9-18-21-15(3)8-10-19(25-5)24(21)27-23(18)22/h7-14H,1-4,6H3/q+1/i3D3,11D,12D,13D,14D. The SMILES string of the molecule is [2H]c1c(C([2H])(C)C)c([2H])c(-c2c(C)ccc3c2oc2c([N+]#[C-])ccc(C([2H])([2H])[2H])c23)[n+](C)c1[2H]. The van der Waals surface area contributed by atoms with Crippen LogP contribution in [-0.2, 0) is 7.05 Å². The minimum atomic E-state index is -2.43. The van der Waals surface area contributed by atoms with E-state index in [-0.39, 0.29) is 40.7 Å². The van der Waals surface area contributed by atoms with Gasteiger partial charge in [-0.3, -0.25) is 0 Å². The third-order valence-electron chi connectivity index (χ3n) is 4.76. The molecule has 0 spiro atoms. The lowest BCUT2D eigenvalue weighted by Crippen LogP contribution is -2.31. The average Bonchev–Trinajstić information content (AvgIpc) is 3.10. The fourth-order valence-electron chi connectivity index (χ4n) is 3.32. The van der Waals surface area contributed by atoms with Gasteiger partial charge in [0.2, 0.25) is 11.4 Å². The van der Waals surface area contributed by atoms with Gasteiger partial charge in [0.25, 0.3) is 0 Å². The highest BCUT2D eigenvalue weighted by Crippen LogP contribution is 2.41. The van der Waals surface area contributed by atoms with Crippen LogP contribution in [0.15, 0.2) is 46.9 Å². The van der Waals surface area contributed by atoms with Crippen molar-refractivity contribution in [2.24, 2.45) is 7.05 Å². The third kappa shape index (κ3) is 2.61. The van der Waals surface area contributed by atoms with Crippen molar-refractivity contribution >= 4 is 27.6 Å². The number of furan rings is 1. The maximum absolute atomic E-state index is 8.92. The molecule has 3 nitrogen and oxygen atoms in total. The van der Waals surface area contributed by atoms with Gasteiger partial charge in [-0.1, -0.05) is 38.1 Å². The zero-order valence-electron chi connectivity index (χ0n) is 22.6. The van der Waals surface area contributed by atoms with E-state index in [1.54, 1.807) is 33.0 Å². The highest BCUT2D eigenvalue weighted by molar-refractivity contribution is 6.14. The molecule has 0 unspecified atom stereocenters. The van der Waals surface area contributed by atoms with Crippen molar-refractivity contribution in [2.75, 3.05) is 0 Å². The van der Waals surface area contributed by atoms with E-state index < -0.39 is 12.7 Å². The molecule has 2 heterocycles. The predicted molar refractivity (Wildman–Crippen MR) is 110 cm³/mol. The molecule has 4 aromatic rings. The number of aromatic nitrogens is 1. The van der Waals surface area contributed by atoms with Crippen molar-refractivity contribution in [3.05, 3.63) is 70.6 Å². The lowest BCUT2D eigenvalue weighted by molar-refractivity contribution is -0.660. The van der Waals surface area contributed by atoms with Gasteiger partial charge in [-0.15, -0.1) is 0 Å². The highest BCUT2D eigenvalue weighted by atomic mass is 16.3. The van der Waals surface area contributed by atoms with E-state index in [1.807, 2.05) is 6.92 Å². The first-order chi connectivity index (χ1) is 15.7. The topological polar surface area (TPSA) is 21.4 Å². The van der Waals surface area contributed by atoms with Crippen LogP contribution in [0.3, 0.4) is 0 Å². The smallest absolute Gasteiger partial charge is 0.229 e. The van der Waals surface area contributed by atoms with E-state index in [9.17, 15) is 0 Å². The summed E-state index contributed by atoms with van der Waals surface area (Å²) < 4.78 is 65.8. The molecule has 0 bridgehead atoms. The summed E-state index contributed by atoms with van der Waals surface area (Å²) in [5.74, 6) is -1.30. The van der Waals surface area contributed by atoms with Gasteiger partial charge in [0.05, 0.1) is 14.9 Å². The van der Waals surface area contributed by atoms with Crippen LogP contribution >= 0.6 is 0 Å². The Kier molecular flexibility index (Phi) is 2.52. The van der Waals surface area contributed by atoms with Gasteiger partial charge in [0.1, 0.15) is 19.6 Å². The summed E-state index contributed by atoms with van der Waals surface area (Å²) in [5.41, 5.74) is 2.27. The molecular formula is C24H23N2O+. The minimum absolute atomic E-state index is 0.0644. The molecule has 2 aromatic heterocycles. The van der Waals surface area contributed by atoms with Crippen molar-refractivity contribution in [3.63, 3.8) is 0 Å². The Bertz CT molecular complexity index is 1540. The summed E-state index contributed by atoms with van der Waals surface area (Å²) in [5, 5.41) is 0.808. The van der Waals surface area contributed by atoms with Gasteiger partial charge < -0.3 is 4.42 Å². The second kappa shape index (κ2) is 6.25. The molecule has 3 heteroatoms. The summed E-state index contributed by atoms with van der Waals surface area (Å²) in [6.45, 7) is 10.0. The number of rotatable bonds is 2. The maximum atomic E-state index is 8.92. The predicted octanol–water partition coefficient (Wildman–Crippen LogP) is 6.37. The van der Waals surface area contributed by atoms with E-state index in [2.05, 4.69) is 4.85 Å². The second-order valence-corrected chi connectivity index (χ2v) is 6.83. The van der Waals surface area contributed by atoms with Gasteiger partial charge in [-0.05, 0) is 36.4 Å². The van der Waals surface area contributed by atoms with Gasteiger partial charge in [0.15, 0.2) is 6.17 Å². The molecule has 0 N–H and O–H groups in total. The number of hydrogen-bond donors (Lipinski definition) is 0. The highest BCUT2D eigenvalue weighted by Gasteiger charge is 2.23. The second-order valence-electron chi connectivity index (χ2n) is 6.83. The van der Waals surface area contributed by atoms with Crippen molar-refractivity contribution < 1.29 is 18.6 Å². The summed E-state index contributed by atoms with van der Waals surface area (Å²) >= 11 is 0. The van der Waals surface area contributed by atoms with E-state index in [4.69, 9.17) is 20.6 Å². The molecule has 0 amide bonds. The first kappa shape index (κ1) is 10.9. The first-order valence-electron chi connectivity index (χ1n) is 12.1. The van der Waals surface area contributed by atoms with Gasteiger partial charge in [0, 0.05) is 28.3 Å². The molecule has 4 rings (SSSR count). The van der Waals surface area contributed by atoms with Crippen LogP contribution in [0.5, 0.6) is 0 Å². The van der Waals surface area contributed by atoms with Crippen LogP contribution in [-0.4, -0.2) is 0 Å². The Morgan fingerprint density at radius 1 is 1.22 bits per heavy atom. The van der Waals surface area contributed by atoms with Crippen LogP contribution in [0.4, 0.5) is 5.69 Å². The zero-order chi connectivity index (χ0) is 25.3. The Balaban J connectivity index is 2.26. The maximum Gasteiger partial charge on any atom is 0.229 e. The average molecular weight is 363 g/mol. The molecule has 0 saturated heterocycles. The molecule has 0 radical (unpaired) electrons. The Morgan fingerprint density at radius 2 is 2.00 bits per heavy atom. The largest absolute Gasteiger partial charge is 0.466 e. The molecular weight excluding hydrogens is 332 g/mol. The van der Waals surface area contributed by atoms with Gasteiger partial charge in [-0.25, -0.2) is 9.41 Å². The van der Waals surface area contributed by atoms with Crippen LogP contribution in [0, 0.1) is 20.3 Å². The third-order valence-corrected chi connectivity index (χ3v) is 4.76. The van der Waals surface area contributed by atoms with Crippen molar-refractivity contribution in [1.82, 2.24) is 0 Å². The van der Waals surface area contributed by atoms with Gasteiger partial charge >= 0.3 is 0 Å². The van der Waals surface area contributed by atoms with Crippen LogP contribution in [0.25, 0.3) is 38.0 Å². The molecule has 134 valence electrons. The van der Waals surface area contributed by atoms with Crippen molar-refractivity contribution in [2.45, 2.75) is 33.5 Å². The molecule has 0 aliphatic carbocycles. The van der Waals surface area contributed by atoms with E-state index in [0.717, 1.165) is 0 Å². The number of aryl methyl sites for hydroxylation is 2. The van der Waals surface area contributed by atoms with Crippen molar-refractivity contribution in [3.8, 4) is 11.3 Å². The lowest BCUT2D eigenvalue weighted by Gasteiger charge is -2.09. The first-order valence-corrected chi connectivity index (χ1v) is 8.57. The van der Waals surface area contributed by atoms with Gasteiger partial charge in [-0.2, -0.15) is 0 Å². The normalized spacial score (nSPS) is 16.0. The van der Waals surface area contributed by atoms with Crippen molar-refractivity contribution in [1.29, 1.82) is 0 Å². The summed E-state index contributed by atoms with van der Waals surface area (Å²) in [6.07, 6.45) is -0.154. The summed E-state index contributed by atoms with van der Waals surface area (Å²) in [6, 6.07) is 6.11. The Labute approximate surface area is 169 Å². The molecule has 0 aliphatic heterocycles. The monoisotopic (exact) mass is 362 g/mol. The molecule has 2 aromatic carbocycles. The number of hydrogen-bond acceptors (Lipinski definition) is 1. The Morgan fingerprint density at radius 3 is 2.70 bits per heavy atom. The summed E-state index contributed by atoms with van der Waals surface area (Å²) in [4.78, 5) is 3.50. The summed E-state index contributed by atoms with van der Waals surface area (Å²) in [7, 11) is 1.58. The number of benzene rings is 2. The number of nitrogens with zero attached hydrogens (tertiary/aromatic N) is 2. The van der Waals surface area contributed by atoms with E-state index in [1.165, 1.54) is 16.7 Å².